The van der Waals surface area contributed by atoms with Gasteiger partial charge in [0, 0.05) is 12.2 Å². The van der Waals surface area contributed by atoms with Gasteiger partial charge in [-0.1, -0.05) is 6.07 Å². The number of piperidine rings is 1. The summed E-state index contributed by atoms with van der Waals surface area (Å²) in [5, 5.41) is 5.81. The molecule has 98 valence electrons. The highest BCUT2D eigenvalue weighted by Crippen LogP contribution is 2.09. The van der Waals surface area contributed by atoms with Gasteiger partial charge in [0.1, 0.15) is 12.4 Å². The zero-order valence-electron chi connectivity index (χ0n) is 10.1. The van der Waals surface area contributed by atoms with Gasteiger partial charge in [-0.3, -0.25) is 4.79 Å². The molecule has 1 aliphatic rings. The summed E-state index contributed by atoms with van der Waals surface area (Å²) in [6.45, 7) is 1.80. The first-order valence-corrected chi connectivity index (χ1v) is 6.12. The lowest BCUT2D eigenvalue weighted by Gasteiger charge is -2.22. The van der Waals surface area contributed by atoms with Crippen LogP contribution in [0.15, 0.2) is 24.3 Å². The molecule has 1 heterocycles. The predicted octanol–water partition coefficient (Wildman–Crippen LogP) is 1.53. The van der Waals surface area contributed by atoms with Crippen LogP contribution in [-0.4, -0.2) is 31.7 Å². The van der Waals surface area contributed by atoms with Gasteiger partial charge in [-0.15, -0.1) is 0 Å². The maximum absolute atomic E-state index is 12.9. The summed E-state index contributed by atoms with van der Waals surface area (Å²) in [4.78, 5) is 11.6. The summed E-state index contributed by atoms with van der Waals surface area (Å²) in [6, 6.07) is 5.81. The van der Waals surface area contributed by atoms with Crippen molar-refractivity contribution in [2.24, 2.45) is 0 Å². The minimum atomic E-state index is -0.370. The molecule has 1 aromatic carbocycles. The quantitative estimate of drug-likeness (QED) is 0.854. The minimum Gasteiger partial charge on any atom is -0.367 e. The molecule has 0 spiro atoms. The molecule has 1 fully saturated rings. The highest BCUT2D eigenvalue weighted by Gasteiger charge is 2.14. The molecule has 0 aromatic heterocycles. The van der Waals surface area contributed by atoms with Gasteiger partial charge < -0.3 is 15.4 Å². The molecule has 1 aliphatic heterocycles. The first-order chi connectivity index (χ1) is 8.74. The Morgan fingerprint density at radius 2 is 2.44 bits per heavy atom. The zero-order valence-corrected chi connectivity index (χ0v) is 10.1. The molecule has 0 aliphatic carbocycles. The zero-order chi connectivity index (χ0) is 12.8. The summed E-state index contributed by atoms with van der Waals surface area (Å²) in [6.07, 6.45) is 2.13. The number of nitrogens with one attached hydrogen (secondary N) is 2. The smallest absolute Gasteiger partial charge is 0.250 e. The fraction of sp³-hybridized carbons (Fsp3) is 0.462. The lowest BCUT2D eigenvalue weighted by Crippen LogP contribution is -2.37. The second-order valence-electron chi connectivity index (χ2n) is 4.34. The Hall–Kier alpha value is -1.46. The molecule has 0 saturated carbocycles. The van der Waals surface area contributed by atoms with Crippen molar-refractivity contribution in [1.82, 2.24) is 5.32 Å². The van der Waals surface area contributed by atoms with E-state index in [1.807, 2.05) is 0 Å². The van der Waals surface area contributed by atoms with Crippen LogP contribution in [-0.2, 0) is 9.53 Å². The van der Waals surface area contributed by atoms with Crippen LogP contribution >= 0.6 is 0 Å². The molecule has 2 rings (SSSR count). The van der Waals surface area contributed by atoms with Crippen LogP contribution < -0.4 is 10.6 Å². The lowest BCUT2D eigenvalue weighted by molar-refractivity contribution is -0.122. The van der Waals surface area contributed by atoms with E-state index < -0.39 is 0 Å². The first kappa shape index (κ1) is 13.0. The van der Waals surface area contributed by atoms with Crippen LogP contribution in [0.1, 0.15) is 12.8 Å². The Morgan fingerprint density at radius 3 is 3.17 bits per heavy atom. The van der Waals surface area contributed by atoms with Gasteiger partial charge in [-0.05, 0) is 37.6 Å². The van der Waals surface area contributed by atoms with Crippen molar-refractivity contribution in [1.29, 1.82) is 0 Å². The van der Waals surface area contributed by atoms with Gasteiger partial charge in [0.05, 0.1) is 6.10 Å². The Balaban J connectivity index is 1.74. The van der Waals surface area contributed by atoms with Crippen LogP contribution in [0.3, 0.4) is 0 Å². The van der Waals surface area contributed by atoms with Gasteiger partial charge in [0.15, 0.2) is 0 Å². The first-order valence-electron chi connectivity index (χ1n) is 6.12. The largest absolute Gasteiger partial charge is 0.367 e. The number of carbonyl (C=O) groups is 1. The average Bonchev–Trinajstić information content (AvgIpc) is 2.38. The number of rotatable bonds is 4. The van der Waals surface area contributed by atoms with E-state index in [-0.39, 0.29) is 24.4 Å². The highest BCUT2D eigenvalue weighted by molar-refractivity contribution is 5.91. The Labute approximate surface area is 106 Å². The SMILES string of the molecule is O=C(CO[C@H]1CCCNC1)Nc1cccc(F)c1. The molecule has 5 heteroatoms. The third-order valence-corrected chi connectivity index (χ3v) is 2.81. The molecule has 0 unspecified atom stereocenters. The van der Waals surface area contributed by atoms with Crippen molar-refractivity contribution in [3.8, 4) is 0 Å². The van der Waals surface area contributed by atoms with E-state index in [2.05, 4.69) is 10.6 Å². The highest BCUT2D eigenvalue weighted by atomic mass is 19.1. The van der Waals surface area contributed by atoms with Crippen LogP contribution in [0.4, 0.5) is 10.1 Å². The number of hydrogen-bond acceptors (Lipinski definition) is 3. The molecule has 4 nitrogen and oxygen atoms in total. The number of halogens is 1. The Kier molecular flexibility index (Phi) is 4.66. The van der Waals surface area contributed by atoms with Gasteiger partial charge in [0.25, 0.3) is 0 Å². The van der Waals surface area contributed by atoms with Crippen molar-refractivity contribution in [3.63, 3.8) is 0 Å². The van der Waals surface area contributed by atoms with E-state index in [1.54, 1.807) is 12.1 Å². The topological polar surface area (TPSA) is 50.4 Å². The van der Waals surface area contributed by atoms with Crippen molar-refractivity contribution in [3.05, 3.63) is 30.1 Å². The molecule has 1 aromatic rings. The molecule has 1 amide bonds. The van der Waals surface area contributed by atoms with Crippen molar-refractivity contribution >= 4 is 11.6 Å². The van der Waals surface area contributed by atoms with Crippen LogP contribution in [0.5, 0.6) is 0 Å². The third-order valence-electron chi connectivity index (χ3n) is 2.81. The van der Waals surface area contributed by atoms with E-state index in [0.717, 1.165) is 25.9 Å². The second-order valence-corrected chi connectivity index (χ2v) is 4.34. The van der Waals surface area contributed by atoms with Crippen molar-refractivity contribution in [2.75, 3.05) is 25.0 Å². The Morgan fingerprint density at radius 1 is 1.56 bits per heavy atom. The van der Waals surface area contributed by atoms with Gasteiger partial charge in [-0.2, -0.15) is 0 Å². The number of carbonyl (C=O) groups excluding carboxylic acids is 1. The van der Waals surface area contributed by atoms with Crippen molar-refractivity contribution in [2.45, 2.75) is 18.9 Å². The van der Waals surface area contributed by atoms with E-state index >= 15 is 0 Å². The van der Waals surface area contributed by atoms with E-state index in [4.69, 9.17) is 4.74 Å². The average molecular weight is 252 g/mol. The number of amides is 1. The van der Waals surface area contributed by atoms with Crippen LogP contribution in [0, 0.1) is 5.82 Å². The Bertz CT molecular complexity index is 406. The van der Waals surface area contributed by atoms with E-state index in [1.165, 1.54) is 12.1 Å². The fourth-order valence-corrected chi connectivity index (χ4v) is 1.92. The monoisotopic (exact) mass is 252 g/mol. The summed E-state index contributed by atoms with van der Waals surface area (Å²) < 4.78 is 18.4. The molecule has 1 saturated heterocycles. The van der Waals surface area contributed by atoms with Gasteiger partial charge in [0.2, 0.25) is 5.91 Å². The summed E-state index contributed by atoms with van der Waals surface area (Å²) in [7, 11) is 0. The molecule has 2 N–H and O–H groups in total. The lowest BCUT2D eigenvalue weighted by atomic mass is 10.1. The van der Waals surface area contributed by atoms with Gasteiger partial charge >= 0.3 is 0 Å². The molecule has 18 heavy (non-hydrogen) atoms. The summed E-state index contributed by atoms with van der Waals surface area (Å²) >= 11 is 0. The van der Waals surface area contributed by atoms with E-state index in [9.17, 15) is 9.18 Å². The van der Waals surface area contributed by atoms with Crippen LogP contribution in [0.2, 0.25) is 0 Å². The normalized spacial score (nSPS) is 19.5. The van der Waals surface area contributed by atoms with E-state index in [0.29, 0.717) is 5.69 Å². The summed E-state index contributed by atoms with van der Waals surface area (Å²) in [5.41, 5.74) is 0.449. The summed E-state index contributed by atoms with van der Waals surface area (Å²) in [5.74, 6) is -0.628. The molecule has 1 atom stereocenters. The predicted molar refractivity (Wildman–Crippen MR) is 66.9 cm³/mol. The van der Waals surface area contributed by atoms with Crippen molar-refractivity contribution < 1.29 is 13.9 Å². The maximum atomic E-state index is 12.9. The fourth-order valence-electron chi connectivity index (χ4n) is 1.92. The van der Waals surface area contributed by atoms with Gasteiger partial charge in [-0.25, -0.2) is 4.39 Å². The number of benzene rings is 1. The molecule has 0 radical (unpaired) electrons. The number of anilines is 1. The number of hydrogen-bond donors (Lipinski definition) is 2. The van der Waals surface area contributed by atoms with Crippen LogP contribution in [0.25, 0.3) is 0 Å². The minimum absolute atomic E-state index is 0.00284. The standard InChI is InChI=1S/C13H17FN2O2/c14-10-3-1-4-11(7-10)16-13(17)9-18-12-5-2-6-15-8-12/h1,3-4,7,12,15H,2,5-6,8-9H2,(H,16,17)/t12-/m0/s1. The molecular formula is C13H17FN2O2. The molecule has 0 bridgehead atoms. The maximum Gasteiger partial charge on any atom is 0.250 e. The second kappa shape index (κ2) is 6.47. The third kappa shape index (κ3) is 4.09. The number of ether oxygens (including phenoxy) is 1. The molecular weight excluding hydrogens is 235 g/mol.